The molecule has 0 bridgehead atoms. The number of aliphatic carboxylic acids is 1. The van der Waals surface area contributed by atoms with Crippen LogP contribution in [0.4, 0.5) is 0 Å². The fourth-order valence-electron chi connectivity index (χ4n) is 6.38. The zero-order valence-corrected chi connectivity index (χ0v) is 24.8. The molecule has 1 amide bonds. The SMILES string of the molecule is O=C(NC1CCCCC1)C1=C(c2ccccc2)c2ccc(O)cc2C1=O.O=C(O)C1=C(c2ccccc2)c2ccc(O)cc2C1=O. The summed E-state index contributed by atoms with van der Waals surface area (Å²) in [6.45, 7) is 0. The number of hydrogen-bond acceptors (Lipinski definition) is 6. The van der Waals surface area contributed by atoms with Crippen LogP contribution in [0.2, 0.25) is 0 Å². The highest BCUT2D eigenvalue weighted by Gasteiger charge is 2.36. The van der Waals surface area contributed by atoms with Crippen molar-refractivity contribution in [1.82, 2.24) is 5.32 Å². The third-order valence-corrected chi connectivity index (χ3v) is 8.49. The molecule has 0 radical (unpaired) electrons. The first kappa shape index (κ1) is 30.3. The van der Waals surface area contributed by atoms with E-state index in [1.807, 2.05) is 36.4 Å². The van der Waals surface area contributed by atoms with Crippen molar-refractivity contribution in [3.8, 4) is 11.5 Å². The molecule has 3 aliphatic carbocycles. The molecule has 8 heteroatoms. The molecule has 46 heavy (non-hydrogen) atoms. The van der Waals surface area contributed by atoms with Crippen LogP contribution in [0, 0.1) is 0 Å². The first-order chi connectivity index (χ1) is 22.2. The molecule has 0 spiro atoms. The molecule has 8 nitrogen and oxygen atoms in total. The lowest BCUT2D eigenvalue weighted by Crippen LogP contribution is -2.38. The summed E-state index contributed by atoms with van der Waals surface area (Å²) in [6, 6.07) is 27.5. The Labute approximate surface area is 265 Å². The van der Waals surface area contributed by atoms with E-state index in [2.05, 4.69) is 5.32 Å². The summed E-state index contributed by atoms with van der Waals surface area (Å²) >= 11 is 0. The van der Waals surface area contributed by atoms with Crippen LogP contribution in [0.1, 0.15) is 75.1 Å². The number of phenols is 2. The average Bonchev–Trinajstić information content (AvgIpc) is 3.52. The maximum Gasteiger partial charge on any atom is 0.340 e. The van der Waals surface area contributed by atoms with E-state index in [1.54, 1.807) is 42.5 Å². The van der Waals surface area contributed by atoms with Crippen LogP contribution < -0.4 is 5.32 Å². The molecule has 0 atom stereocenters. The molecule has 1 saturated carbocycles. The first-order valence-corrected chi connectivity index (χ1v) is 15.1. The highest BCUT2D eigenvalue weighted by Crippen LogP contribution is 2.40. The van der Waals surface area contributed by atoms with E-state index in [0.29, 0.717) is 33.4 Å². The maximum absolute atomic E-state index is 13.0. The summed E-state index contributed by atoms with van der Waals surface area (Å²) in [5.74, 6) is -2.49. The predicted molar refractivity (Wildman–Crippen MR) is 172 cm³/mol. The monoisotopic (exact) mass is 613 g/mol. The molecule has 0 aromatic heterocycles. The van der Waals surface area contributed by atoms with Gasteiger partial charge in [0.15, 0.2) is 5.78 Å². The molecule has 1 fully saturated rings. The van der Waals surface area contributed by atoms with Gasteiger partial charge in [-0.2, -0.15) is 0 Å². The number of rotatable bonds is 5. The van der Waals surface area contributed by atoms with Gasteiger partial charge in [-0.3, -0.25) is 14.4 Å². The fraction of sp³-hybridized carbons (Fsp3) is 0.158. The summed E-state index contributed by atoms with van der Waals surface area (Å²) in [4.78, 5) is 49.6. The van der Waals surface area contributed by atoms with Crippen LogP contribution in [-0.4, -0.2) is 44.8 Å². The number of carbonyl (C=O) groups excluding carboxylic acids is 3. The van der Waals surface area contributed by atoms with Crippen LogP contribution in [0.3, 0.4) is 0 Å². The molecule has 3 aliphatic rings. The van der Waals surface area contributed by atoms with Crippen LogP contribution in [-0.2, 0) is 9.59 Å². The Morgan fingerprint density at radius 1 is 0.587 bits per heavy atom. The van der Waals surface area contributed by atoms with E-state index in [1.165, 1.54) is 24.6 Å². The topological polar surface area (TPSA) is 141 Å². The number of nitrogens with one attached hydrogen (secondary N) is 1. The molecule has 4 N–H and O–H groups in total. The number of aromatic hydroxyl groups is 2. The Kier molecular flexibility index (Phi) is 8.35. The number of phenolic OH excluding ortho intramolecular Hbond substituents is 2. The van der Waals surface area contributed by atoms with Gasteiger partial charge in [-0.05, 0) is 71.5 Å². The molecular weight excluding hydrogens is 582 g/mol. The lowest BCUT2D eigenvalue weighted by molar-refractivity contribution is -0.132. The van der Waals surface area contributed by atoms with Crippen molar-refractivity contribution in [3.05, 3.63) is 142 Å². The lowest BCUT2D eigenvalue weighted by Gasteiger charge is -2.23. The molecule has 7 rings (SSSR count). The summed E-state index contributed by atoms with van der Waals surface area (Å²) in [7, 11) is 0. The zero-order valence-electron chi connectivity index (χ0n) is 24.8. The minimum absolute atomic E-state index is 0.0263. The molecule has 4 aromatic rings. The predicted octanol–water partition coefficient (Wildman–Crippen LogP) is 6.31. The fourth-order valence-corrected chi connectivity index (χ4v) is 6.38. The summed E-state index contributed by atoms with van der Waals surface area (Å²) in [6.07, 6.45) is 5.34. The third kappa shape index (κ3) is 5.73. The molecule has 0 aliphatic heterocycles. The van der Waals surface area contributed by atoms with Gasteiger partial charge in [-0.25, -0.2) is 4.79 Å². The highest BCUT2D eigenvalue weighted by molar-refractivity contribution is 6.36. The number of benzene rings is 4. The average molecular weight is 614 g/mol. The highest BCUT2D eigenvalue weighted by atomic mass is 16.4. The number of amides is 1. The minimum atomic E-state index is -1.26. The number of carboxylic acid groups (broad SMARTS) is 1. The van der Waals surface area contributed by atoms with Crippen molar-refractivity contribution in [1.29, 1.82) is 0 Å². The van der Waals surface area contributed by atoms with Crippen molar-refractivity contribution in [2.75, 3.05) is 0 Å². The van der Waals surface area contributed by atoms with Crippen molar-refractivity contribution < 1.29 is 34.5 Å². The van der Waals surface area contributed by atoms with E-state index in [0.717, 1.165) is 31.2 Å². The number of carbonyl (C=O) groups is 4. The van der Waals surface area contributed by atoms with E-state index in [4.69, 9.17) is 0 Å². The molecular formula is C38H31NO7. The molecule has 230 valence electrons. The Balaban J connectivity index is 0.000000167. The normalized spacial score (nSPS) is 15.7. The standard InChI is InChI=1S/C22H21NO3.C16H10O4/c24-16-11-12-17-18(13-16)21(25)20(19(17)14-7-3-1-4-8-14)22(26)23-15-9-5-2-6-10-15;17-10-6-7-11-12(8-10)15(18)14(16(19)20)13(11)9-4-2-1-3-5-9/h1,3-4,7-8,11-13,15,24H,2,5-6,9-10H2,(H,23,26);1-8,17H,(H,19,20). The van der Waals surface area contributed by atoms with Gasteiger partial charge in [-0.1, -0.05) is 79.9 Å². The summed E-state index contributed by atoms with van der Waals surface area (Å²) in [5, 5.41) is 31.6. The Morgan fingerprint density at radius 2 is 1.04 bits per heavy atom. The number of ketones is 2. The number of hydrogen-bond donors (Lipinski definition) is 4. The molecule has 0 saturated heterocycles. The second-order valence-corrected chi connectivity index (χ2v) is 11.5. The van der Waals surface area contributed by atoms with E-state index >= 15 is 0 Å². The lowest BCUT2D eigenvalue weighted by atomic mass is 9.94. The Bertz CT molecular complexity index is 1930. The van der Waals surface area contributed by atoms with E-state index in [-0.39, 0.29) is 45.9 Å². The maximum atomic E-state index is 13.0. The number of fused-ring (bicyclic) bond motifs is 2. The van der Waals surface area contributed by atoms with E-state index < -0.39 is 11.8 Å². The van der Waals surface area contributed by atoms with Gasteiger partial charge in [0.05, 0.1) is 5.57 Å². The van der Waals surface area contributed by atoms with Gasteiger partial charge in [-0.15, -0.1) is 0 Å². The van der Waals surface area contributed by atoms with Crippen LogP contribution in [0.15, 0.2) is 108 Å². The summed E-state index contributed by atoms with van der Waals surface area (Å²) < 4.78 is 0. The van der Waals surface area contributed by atoms with Crippen molar-refractivity contribution in [3.63, 3.8) is 0 Å². The number of carboxylic acids is 1. The van der Waals surface area contributed by atoms with Gasteiger partial charge in [0.2, 0.25) is 5.78 Å². The number of Topliss-reactive ketones (excluding diaryl/α,β-unsaturated/α-hetero) is 2. The molecule has 4 aromatic carbocycles. The Morgan fingerprint density at radius 3 is 1.52 bits per heavy atom. The van der Waals surface area contributed by atoms with Crippen molar-refractivity contribution >= 4 is 34.6 Å². The minimum Gasteiger partial charge on any atom is -0.508 e. The second kappa shape index (κ2) is 12.7. The summed E-state index contributed by atoms with van der Waals surface area (Å²) in [5.41, 5.74) is 4.33. The van der Waals surface area contributed by atoms with Crippen LogP contribution in [0.25, 0.3) is 11.1 Å². The van der Waals surface area contributed by atoms with Gasteiger partial charge >= 0.3 is 5.97 Å². The smallest absolute Gasteiger partial charge is 0.340 e. The van der Waals surface area contributed by atoms with Crippen LogP contribution >= 0.6 is 0 Å². The van der Waals surface area contributed by atoms with Crippen molar-refractivity contribution in [2.24, 2.45) is 0 Å². The van der Waals surface area contributed by atoms with Gasteiger partial charge in [0, 0.05) is 28.3 Å². The van der Waals surface area contributed by atoms with Crippen LogP contribution in [0.5, 0.6) is 11.5 Å². The zero-order chi connectivity index (χ0) is 32.4. The first-order valence-electron chi connectivity index (χ1n) is 15.1. The largest absolute Gasteiger partial charge is 0.508 e. The van der Waals surface area contributed by atoms with E-state index in [9.17, 15) is 34.5 Å². The van der Waals surface area contributed by atoms with Crippen molar-refractivity contribution in [2.45, 2.75) is 38.1 Å². The van der Waals surface area contributed by atoms with Gasteiger partial charge < -0.3 is 20.6 Å². The third-order valence-electron chi connectivity index (χ3n) is 8.49. The van der Waals surface area contributed by atoms with Gasteiger partial charge in [0.1, 0.15) is 17.1 Å². The van der Waals surface area contributed by atoms with Gasteiger partial charge in [0.25, 0.3) is 5.91 Å². The molecule has 0 heterocycles. The Hall–Kier alpha value is -5.76. The quantitative estimate of drug-likeness (QED) is 0.193. The molecule has 0 unspecified atom stereocenters. The second-order valence-electron chi connectivity index (χ2n) is 11.5.